The van der Waals surface area contributed by atoms with E-state index in [1.165, 1.54) is 31.2 Å². The summed E-state index contributed by atoms with van der Waals surface area (Å²) in [6, 6.07) is 14.9. The van der Waals surface area contributed by atoms with Gasteiger partial charge in [0.25, 0.3) is 0 Å². The van der Waals surface area contributed by atoms with Crippen molar-refractivity contribution in [1.82, 2.24) is 10.0 Å². The molecule has 128 valence electrons. The molecule has 1 unspecified atom stereocenters. The summed E-state index contributed by atoms with van der Waals surface area (Å²) < 4.78 is 31.7. The van der Waals surface area contributed by atoms with Crippen molar-refractivity contribution in [3.63, 3.8) is 0 Å². The Balaban J connectivity index is 1.86. The Morgan fingerprint density at radius 1 is 1.12 bits per heavy atom. The molecule has 0 saturated carbocycles. The lowest BCUT2D eigenvalue weighted by Crippen LogP contribution is -2.45. The van der Waals surface area contributed by atoms with Crippen LogP contribution in [-0.4, -0.2) is 20.7 Å². The number of hydrogen-bond acceptors (Lipinski definition) is 5. The lowest BCUT2D eigenvalue weighted by molar-refractivity contribution is 0.136. The summed E-state index contributed by atoms with van der Waals surface area (Å²) in [6.07, 6.45) is -1.55. The van der Waals surface area contributed by atoms with Gasteiger partial charge >= 0.3 is 6.09 Å². The second-order valence-electron chi connectivity index (χ2n) is 5.12. The first-order chi connectivity index (χ1) is 11.4. The first kappa shape index (κ1) is 17.8. The molecule has 0 heterocycles. The Morgan fingerprint density at radius 3 is 2.38 bits per heavy atom. The lowest BCUT2D eigenvalue weighted by atomic mass is 10.2. The van der Waals surface area contributed by atoms with E-state index in [1.54, 1.807) is 0 Å². The number of rotatable bonds is 6. The average Bonchev–Trinajstić information content (AvgIpc) is 2.53. The average molecular weight is 349 g/mol. The molecule has 7 nitrogen and oxygen atoms in total. The van der Waals surface area contributed by atoms with Crippen LogP contribution in [0.2, 0.25) is 0 Å². The third-order valence-electron chi connectivity index (χ3n) is 3.07. The van der Waals surface area contributed by atoms with Crippen molar-refractivity contribution in [3.05, 3.63) is 60.2 Å². The number of sulfonamides is 1. The zero-order valence-corrected chi connectivity index (χ0v) is 13.9. The highest BCUT2D eigenvalue weighted by atomic mass is 32.2. The first-order valence-corrected chi connectivity index (χ1v) is 8.70. The van der Waals surface area contributed by atoms with E-state index in [-0.39, 0.29) is 11.5 Å². The van der Waals surface area contributed by atoms with E-state index >= 15 is 0 Å². The Bertz CT molecular complexity index is 777. The summed E-state index contributed by atoms with van der Waals surface area (Å²) in [5.74, 6) is 0. The molecule has 8 heteroatoms. The number of amides is 1. The minimum Gasteiger partial charge on any atom is -0.445 e. The van der Waals surface area contributed by atoms with Gasteiger partial charge in [0.1, 0.15) is 6.61 Å². The molecule has 0 aliphatic heterocycles. The summed E-state index contributed by atoms with van der Waals surface area (Å²) in [5.41, 5.74) is 6.83. The van der Waals surface area contributed by atoms with E-state index in [0.29, 0.717) is 5.69 Å². The van der Waals surface area contributed by atoms with Gasteiger partial charge in [-0.15, -0.1) is 0 Å². The second-order valence-corrected chi connectivity index (χ2v) is 6.83. The Labute approximate surface area is 140 Å². The molecule has 0 aliphatic carbocycles. The number of carbonyl (C=O) groups is 1. The van der Waals surface area contributed by atoms with Crippen LogP contribution in [0.5, 0.6) is 0 Å². The molecular formula is C16H19N3O4S. The molecule has 24 heavy (non-hydrogen) atoms. The lowest BCUT2D eigenvalue weighted by Gasteiger charge is -2.16. The molecule has 2 rings (SSSR count). The van der Waals surface area contributed by atoms with Gasteiger partial charge in [0.05, 0.1) is 11.1 Å². The molecule has 1 amide bonds. The van der Waals surface area contributed by atoms with Crippen molar-refractivity contribution < 1.29 is 17.9 Å². The van der Waals surface area contributed by atoms with Crippen LogP contribution in [0.3, 0.4) is 0 Å². The number of nitrogen functional groups attached to an aromatic ring is 1. The number of carbonyl (C=O) groups excluding carboxylic acids is 1. The molecule has 0 fully saturated rings. The Hall–Kier alpha value is -2.58. The third-order valence-corrected chi connectivity index (χ3v) is 4.63. The van der Waals surface area contributed by atoms with Crippen molar-refractivity contribution in [2.24, 2.45) is 0 Å². The maximum Gasteiger partial charge on any atom is 0.408 e. The van der Waals surface area contributed by atoms with E-state index in [1.807, 2.05) is 30.3 Å². The molecule has 0 spiro atoms. The molecule has 4 N–H and O–H groups in total. The van der Waals surface area contributed by atoms with Crippen molar-refractivity contribution in [3.8, 4) is 0 Å². The van der Waals surface area contributed by atoms with Crippen molar-refractivity contribution in [1.29, 1.82) is 0 Å². The van der Waals surface area contributed by atoms with Crippen LogP contribution in [0.4, 0.5) is 10.5 Å². The molecule has 0 saturated heterocycles. The van der Waals surface area contributed by atoms with Gasteiger partial charge in [0, 0.05) is 5.69 Å². The van der Waals surface area contributed by atoms with Crippen LogP contribution in [0, 0.1) is 0 Å². The van der Waals surface area contributed by atoms with Crippen molar-refractivity contribution in [2.75, 3.05) is 5.73 Å². The first-order valence-electron chi connectivity index (χ1n) is 7.22. The highest BCUT2D eigenvalue weighted by Gasteiger charge is 2.18. The standard InChI is InChI=1S/C16H19N3O4S/c1-12(18-16(20)23-11-13-5-3-2-4-6-13)19-24(21,22)15-9-7-14(17)8-10-15/h2-10,12,19H,11,17H2,1H3,(H,18,20). The Morgan fingerprint density at radius 2 is 1.75 bits per heavy atom. The fourth-order valence-corrected chi connectivity index (χ4v) is 3.07. The smallest absolute Gasteiger partial charge is 0.408 e. The van der Waals surface area contributed by atoms with Crippen molar-refractivity contribution in [2.45, 2.75) is 24.6 Å². The fourth-order valence-electron chi connectivity index (χ4n) is 1.92. The van der Waals surface area contributed by atoms with Crippen molar-refractivity contribution >= 4 is 21.8 Å². The SMILES string of the molecule is CC(NC(=O)OCc1ccccc1)NS(=O)(=O)c1ccc(N)cc1. The fraction of sp³-hybridized carbons (Fsp3) is 0.188. The highest BCUT2D eigenvalue weighted by molar-refractivity contribution is 7.89. The van der Waals surface area contributed by atoms with Gasteiger partial charge in [0.2, 0.25) is 10.0 Å². The van der Waals surface area contributed by atoms with E-state index in [2.05, 4.69) is 10.0 Å². The van der Waals surface area contributed by atoms with E-state index in [9.17, 15) is 13.2 Å². The van der Waals surface area contributed by atoms with E-state index in [0.717, 1.165) is 5.56 Å². The normalized spacial score (nSPS) is 12.4. The van der Waals surface area contributed by atoms with E-state index < -0.39 is 22.3 Å². The summed E-state index contributed by atoms with van der Waals surface area (Å²) in [4.78, 5) is 11.8. The van der Waals surface area contributed by atoms with Gasteiger partial charge in [-0.05, 0) is 36.8 Å². The van der Waals surface area contributed by atoms with Crippen LogP contribution < -0.4 is 15.8 Å². The highest BCUT2D eigenvalue weighted by Crippen LogP contribution is 2.11. The summed E-state index contributed by atoms with van der Waals surface area (Å²) in [6.45, 7) is 1.60. The van der Waals surface area contributed by atoms with E-state index in [4.69, 9.17) is 10.5 Å². The zero-order valence-electron chi connectivity index (χ0n) is 13.1. The zero-order chi connectivity index (χ0) is 17.6. The predicted octanol–water partition coefficient (Wildman–Crippen LogP) is 1.82. The maximum atomic E-state index is 12.2. The number of ether oxygens (including phenoxy) is 1. The van der Waals surface area contributed by atoms with Gasteiger partial charge in [-0.2, -0.15) is 4.72 Å². The number of nitrogens with two attached hydrogens (primary N) is 1. The topological polar surface area (TPSA) is 111 Å². The molecule has 1 atom stereocenters. The van der Waals surface area contributed by atoms with Crippen LogP contribution in [-0.2, 0) is 21.4 Å². The quantitative estimate of drug-likeness (QED) is 0.544. The monoisotopic (exact) mass is 349 g/mol. The number of hydrogen-bond donors (Lipinski definition) is 3. The Kier molecular flexibility index (Phi) is 5.78. The largest absolute Gasteiger partial charge is 0.445 e. The molecule has 2 aromatic carbocycles. The third kappa shape index (κ3) is 5.25. The number of anilines is 1. The second kappa shape index (κ2) is 7.80. The number of alkyl carbamates (subject to hydrolysis) is 1. The van der Waals surface area contributed by atoms with Gasteiger partial charge in [-0.25, -0.2) is 13.2 Å². The molecule has 0 bridgehead atoms. The van der Waals surface area contributed by atoms with Crippen LogP contribution in [0.1, 0.15) is 12.5 Å². The van der Waals surface area contributed by atoms with Gasteiger partial charge in [-0.3, -0.25) is 0 Å². The predicted molar refractivity (Wildman–Crippen MR) is 90.4 cm³/mol. The van der Waals surface area contributed by atoms with Gasteiger partial charge in [0.15, 0.2) is 0 Å². The van der Waals surface area contributed by atoms with Crippen LogP contribution in [0.15, 0.2) is 59.5 Å². The minimum absolute atomic E-state index is 0.0583. The molecule has 0 aliphatic rings. The van der Waals surface area contributed by atoms with Gasteiger partial charge in [-0.1, -0.05) is 30.3 Å². The van der Waals surface area contributed by atoms with Gasteiger partial charge < -0.3 is 15.8 Å². The van der Waals surface area contributed by atoms with Crippen LogP contribution in [0.25, 0.3) is 0 Å². The maximum absolute atomic E-state index is 12.2. The number of benzene rings is 2. The molecule has 0 radical (unpaired) electrons. The summed E-state index contributed by atoms with van der Waals surface area (Å²) in [5, 5.41) is 2.41. The summed E-state index contributed by atoms with van der Waals surface area (Å²) in [7, 11) is -3.76. The van der Waals surface area contributed by atoms with Crippen LogP contribution >= 0.6 is 0 Å². The number of nitrogens with one attached hydrogen (secondary N) is 2. The summed E-state index contributed by atoms with van der Waals surface area (Å²) >= 11 is 0. The molecular weight excluding hydrogens is 330 g/mol. The minimum atomic E-state index is -3.76. The molecule has 0 aromatic heterocycles. The molecule has 2 aromatic rings.